The van der Waals surface area contributed by atoms with E-state index >= 15 is 0 Å². The normalized spacial score (nSPS) is 10.5. The van der Waals surface area contributed by atoms with Crippen molar-refractivity contribution in [1.29, 1.82) is 0 Å². The number of ether oxygens (including phenoxy) is 1. The van der Waals surface area contributed by atoms with Crippen LogP contribution in [-0.4, -0.2) is 12.3 Å². The Bertz CT molecular complexity index is 489. The predicted molar refractivity (Wildman–Crippen MR) is 66.9 cm³/mol. The summed E-state index contributed by atoms with van der Waals surface area (Å²) < 4.78 is 10.4. The third-order valence-electron chi connectivity index (χ3n) is 2.67. The lowest BCUT2D eigenvalue weighted by Crippen LogP contribution is -1.92. The Morgan fingerprint density at radius 1 is 1.29 bits per heavy atom. The van der Waals surface area contributed by atoms with Crippen LogP contribution >= 0.6 is 0 Å². The van der Waals surface area contributed by atoms with E-state index in [2.05, 4.69) is 12.1 Å². The minimum absolute atomic E-state index is 0.484. The van der Waals surface area contributed by atoms with E-state index in [9.17, 15) is 0 Å². The number of nitrogens with two attached hydrogens (primary N) is 1. The first-order valence-electron chi connectivity index (χ1n) is 5.64. The lowest BCUT2D eigenvalue weighted by Gasteiger charge is -2.02. The molecular formula is C13H16N2O2. The van der Waals surface area contributed by atoms with Gasteiger partial charge in [-0.25, -0.2) is 0 Å². The largest absolute Gasteiger partial charge is 0.497 e. The van der Waals surface area contributed by atoms with Crippen molar-refractivity contribution in [3.8, 4) is 17.1 Å². The summed E-state index contributed by atoms with van der Waals surface area (Å²) in [6.45, 7) is 2.10. The molecule has 0 radical (unpaired) electrons. The van der Waals surface area contributed by atoms with Crippen LogP contribution in [0, 0.1) is 0 Å². The lowest BCUT2D eigenvalue weighted by molar-refractivity contribution is 0.414. The number of hydrogen-bond acceptors (Lipinski definition) is 4. The summed E-state index contributed by atoms with van der Waals surface area (Å²) in [6, 6.07) is 7.67. The van der Waals surface area contributed by atoms with Crippen LogP contribution in [0.25, 0.3) is 11.3 Å². The van der Waals surface area contributed by atoms with Gasteiger partial charge in [-0.15, -0.1) is 0 Å². The third-order valence-corrected chi connectivity index (χ3v) is 2.67. The van der Waals surface area contributed by atoms with Gasteiger partial charge in [-0.2, -0.15) is 0 Å². The number of aromatic nitrogens is 1. The standard InChI is InChI=1S/C13H16N2O2/c1-3-4-11-12(17-15-13(11)14)9-5-7-10(16-2)8-6-9/h5-8H,3-4H2,1-2H3,(H2,14,15). The third kappa shape index (κ3) is 2.25. The molecule has 1 aromatic carbocycles. The average molecular weight is 232 g/mol. The number of methoxy groups -OCH3 is 1. The molecule has 2 aromatic rings. The van der Waals surface area contributed by atoms with E-state index in [0.29, 0.717) is 5.82 Å². The molecule has 0 aliphatic rings. The highest BCUT2D eigenvalue weighted by atomic mass is 16.5. The fraction of sp³-hybridized carbons (Fsp3) is 0.308. The van der Waals surface area contributed by atoms with Gasteiger partial charge in [0.15, 0.2) is 11.6 Å². The van der Waals surface area contributed by atoms with Crippen molar-refractivity contribution < 1.29 is 9.26 Å². The molecule has 0 aliphatic heterocycles. The summed E-state index contributed by atoms with van der Waals surface area (Å²) in [7, 11) is 1.64. The Morgan fingerprint density at radius 3 is 2.59 bits per heavy atom. The van der Waals surface area contributed by atoms with Crippen molar-refractivity contribution in [2.45, 2.75) is 19.8 Å². The molecule has 0 amide bonds. The van der Waals surface area contributed by atoms with E-state index in [0.717, 1.165) is 35.5 Å². The van der Waals surface area contributed by atoms with Crippen molar-refractivity contribution in [1.82, 2.24) is 5.16 Å². The van der Waals surface area contributed by atoms with E-state index in [-0.39, 0.29) is 0 Å². The number of anilines is 1. The van der Waals surface area contributed by atoms with E-state index < -0.39 is 0 Å². The molecule has 4 heteroatoms. The highest BCUT2D eigenvalue weighted by molar-refractivity contribution is 5.66. The summed E-state index contributed by atoms with van der Waals surface area (Å²) >= 11 is 0. The minimum atomic E-state index is 0.484. The molecule has 17 heavy (non-hydrogen) atoms. The van der Waals surface area contributed by atoms with Gasteiger partial charge >= 0.3 is 0 Å². The van der Waals surface area contributed by atoms with Crippen LogP contribution in [0.1, 0.15) is 18.9 Å². The maximum absolute atomic E-state index is 5.79. The first-order valence-corrected chi connectivity index (χ1v) is 5.64. The molecule has 0 bridgehead atoms. The molecule has 0 unspecified atom stereocenters. The van der Waals surface area contributed by atoms with Gasteiger partial charge in [-0.1, -0.05) is 18.5 Å². The van der Waals surface area contributed by atoms with E-state index in [4.69, 9.17) is 15.0 Å². The summed E-state index contributed by atoms with van der Waals surface area (Å²) in [5.41, 5.74) is 7.75. The number of hydrogen-bond donors (Lipinski definition) is 1. The van der Waals surface area contributed by atoms with E-state index in [1.165, 1.54) is 0 Å². The van der Waals surface area contributed by atoms with Crippen molar-refractivity contribution in [3.05, 3.63) is 29.8 Å². The molecule has 90 valence electrons. The van der Waals surface area contributed by atoms with Gasteiger partial charge in [-0.3, -0.25) is 0 Å². The molecule has 0 fully saturated rings. The van der Waals surface area contributed by atoms with Gasteiger partial charge in [0.05, 0.1) is 7.11 Å². The number of benzene rings is 1. The Hall–Kier alpha value is -1.97. The fourth-order valence-electron chi connectivity index (χ4n) is 1.78. The average Bonchev–Trinajstić information content (AvgIpc) is 2.72. The fourth-order valence-corrected chi connectivity index (χ4v) is 1.78. The molecular weight excluding hydrogens is 216 g/mol. The highest BCUT2D eigenvalue weighted by Gasteiger charge is 2.14. The smallest absolute Gasteiger partial charge is 0.172 e. The van der Waals surface area contributed by atoms with Gasteiger partial charge < -0.3 is 15.0 Å². The van der Waals surface area contributed by atoms with Gasteiger partial charge in [0.1, 0.15) is 5.75 Å². The van der Waals surface area contributed by atoms with E-state index in [1.807, 2.05) is 24.3 Å². The summed E-state index contributed by atoms with van der Waals surface area (Å²) in [4.78, 5) is 0. The van der Waals surface area contributed by atoms with Crippen LogP contribution in [0.4, 0.5) is 5.82 Å². The number of nitrogens with zero attached hydrogens (tertiary/aromatic N) is 1. The van der Waals surface area contributed by atoms with Crippen molar-refractivity contribution in [3.63, 3.8) is 0 Å². The first-order chi connectivity index (χ1) is 8.26. The van der Waals surface area contributed by atoms with Crippen LogP contribution in [-0.2, 0) is 6.42 Å². The topological polar surface area (TPSA) is 61.3 Å². The monoisotopic (exact) mass is 232 g/mol. The van der Waals surface area contributed by atoms with Crippen LogP contribution in [0.3, 0.4) is 0 Å². The zero-order valence-electron chi connectivity index (χ0n) is 10.1. The zero-order chi connectivity index (χ0) is 12.3. The Labute approximate surface area is 100 Å². The molecule has 0 atom stereocenters. The van der Waals surface area contributed by atoms with Crippen LogP contribution in [0.15, 0.2) is 28.8 Å². The second kappa shape index (κ2) is 4.91. The number of rotatable bonds is 4. The van der Waals surface area contributed by atoms with Crippen molar-refractivity contribution >= 4 is 5.82 Å². The maximum Gasteiger partial charge on any atom is 0.172 e. The number of nitrogen functional groups attached to an aromatic ring is 1. The van der Waals surface area contributed by atoms with Gasteiger partial charge in [0.25, 0.3) is 0 Å². The lowest BCUT2D eigenvalue weighted by atomic mass is 10.0. The Morgan fingerprint density at radius 2 is 2.00 bits per heavy atom. The SMILES string of the molecule is CCCc1c(N)noc1-c1ccc(OC)cc1. The quantitative estimate of drug-likeness (QED) is 0.880. The van der Waals surface area contributed by atoms with Crippen LogP contribution < -0.4 is 10.5 Å². The predicted octanol–water partition coefficient (Wildman–Crippen LogP) is 2.88. The molecule has 2 rings (SSSR count). The van der Waals surface area contributed by atoms with Crippen LogP contribution in [0.2, 0.25) is 0 Å². The van der Waals surface area contributed by atoms with Gasteiger partial charge in [0.2, 0.25) is 0 Å². The second-order valence-electron chi connectivity index (χ2n) is 3.85. The molecule has 0 saturated heterocycles. The molecule has 0 aliphatic carbocycles. The van der Waals surface area contributed by atoms with Crippen molar-refractivity contribution in [2.75, 3.05) is 12.8 Å². The maximum atomic E-state index is 5.79. The zero-order valence-corrected chi connectivity index (χ0v) is 10.1. The second-order valence-corrected chi connectivity index (χ2v) is 3.85. The van der Waals surface area contributed by atoms with Crippen molar-refractivity contribution in [2.24, 2.45) is 0 Å². The molecule has 0 spiro atoms. The molecule has 2 N–H and O–H groups in total. The first kappa shape index (κ1) is 11.5. The summed E-state index contributed by atoms with van der Waals surface area (Å²) in [5.74, 6) is 2.06. The van der Waals surface area contributed by atoms with Gasteiger partial charge in [-0.05, 0) is 30.7 Å². The Balaban J connectivity index is 2.38. The van der Waals surface area contributed by atoms with Crippen LogP contribution in [0.5, 0.6) is 5.75 Å². The van der Waals surface area contributed by atoms with Gasteiger partial charge in [0, 0.05) is 11.1 Å². The summed E-state index contributed by atoms with van der Waals surface area (Å²) in [5, 5.41) is 3.83. The summed E-state index contributed by atoms with van der Waals surface area (Å²) in [6.07, 6.45) is 1.88. The Kier molecular flexibility index (Phi) is 3.32. The molecule has 4 nitrogen and oxygen atoms in total. The minimum Gasteiger partial charge on any atom is -0.497 e. The molecule has 1 aromatic heterocycles. The van der Waals surface area contributed by atoms with E-state index in [1.54, 1.807) is 7.11 Å². The molecule has 0 saturated carbocycles. The highest BCUT2D eigenvalue weighted by Crippen LogP contribution is 2.29. The molecule has 1 heterocycles.